The first-order chi connectivity index (χ1) is 12.9. The third-order valence-electron chi connectivity index (χ3n) is 5.61. The molecule has 0 bridgehead atoms. The van der Waals surface area contributed by atoms with E-state index in [1.807, 2.05) is 13.2 Å². The maximum Gasteiger partial charge on any atom is 0.240 e. The lowest BCUT2D eigenvalue weighted by molar-refractivity contribution is -0.0570. The second kappa shape index (κ2) is 7.24. The van der Waals surface area contributed by atoms with Crippen LogP contribution in [0, 0.1) is 5.92 Å². The average molecular weight is 375 g/mol. The normalized spacial score (nSPS) is 22.2. The van der Waals surface area contributed by atoms with Crippen LogP contribution < -0.4 is 4.74 Å². The van der Waals surface area contributed by atoms with E-state index in [2.05, 4.69) is 34.0 Å². The lowest BCUT2D eigenvalue weighted by atomic mass is 9.83. The number of ether oxygens (including phenoxy) is 1. The first-order valence-electron chi connectivity index (χ1n) is 9.87. The van der Waals surface area contributed by atoms with E-state index >= 15 is 0 Å². The molecular weight excluding hydrogens is 346 g/mol. The summed E-state index contributed by atoms with van der Waals surface area (Å²) >= 11 is 0. The molecule has 2 aromatic rings. The third kappa shape index (κ3) is 4.01. The standard InChI is InChI=1S/C19H29N5O3/c1-13(2)4-5-16-20-17(27-22-16)12-24-8-6-19(7-9-24)10-14(25)18-15(26-19)11-23(3)21-18/h11,13-14,25H,4-10,12H2,1-3H3. The van der Waals surface area contributed by atoms with Gasteiger partial charge in [-0.3, -0.25) is 9.58 Å². The van der Waals surface area contributed by atoms with Gasteiger partial charge in [0.15, 0.2) is 11.6 Å². The largest absolute Gasteiger partial charge is 0.483 e. The van der Waals surface area contributed by atoms with Crippen LogP contribution in [0.25, 0.3) is 0 Å². The van der Waals surface area contributed by atoms with Crippen molar-refractivity contribution in [1.29, 1.82) is 0 Å². The van der Waals surface area contributed by atoms with Crippen molar-refractivity contribution < 1.29 is 14.4 Å². The Labute approximate surface area is 159 Å². The Bertz CT molecular complexity index is 776. The highest BCUT2D eigenvalue weighted by molar-refractivity contribution is 5.31. The van der Waals surface area contributed by atoms with E-state index in [0.29, 0.717) is 30.5 Å². The molecule has 0 radical (unpaired) electrons. The minimum atomic E-state index is -0.555. The van der Waals surface area contributed by atoms with Gasteiger partial charge in [-0.25, -0.2) is 0 Å². The van der Waals surface area contributed by atoms with Gasteiger partial charge >= 0.3 is 0 Å². The fourth-order valence-corrected chi connectivity index (χ4v) is 4.01. The molecule has 4 rings (SSSR count). The van der Waals surface area contributed by atoms with Crippen LogP contribution in [0.1, 0.15) is 63.0 Å². The van der Waals surface area contributed by atoms with Crippen LogP contribution in [0.15, 0.2) is 10.7 Å². The molecule has 4 heterocycles. The Balaban J connectivity index is 1.33. The summed E-state index contributed by atoms with van der Waals surface area (Å²) in [6, 6.07) is 0. The zero-order valence-corrected chi connectivity index (χ0v) is 16.4. The van der Waals surface area contributed by atoms with Gasteiger partial charge < -0.3 is 14.4 Å². The molecule has 27 heavy (non-hydrogen) atoms. The first kappa shape index (κ1) is 18.4. The molecule has 1 spiro atoms. The van der Waals surface area contributed by atoms with Crippen molar-refractivity contribution in [2.24, 2.45) is 13.0 Å². The molecule has 2 aromatic heterocycles. The third-order valence-corrected chi connectivity index (χ3v) is 5.61. The monoisotopic (exact) mass is 375 g/mol. The first-order valence-corrected chi connectivity index (χ1v) is 9.87. The summed E-state index contributed by atoms with van der Waals surface area (Å²) in [7, 11) is 1.85. The predicted molar refractivity (Wildman–Crippen MR) is 98.1 cm³/mol. The van der Waals surface area contributed by atoms with Crippen LogP contribution in [-0.4, -0.2) is 48.6 Å². The second-order valence-corrected chi connectivity index (χ2v) is 8.37. The van der Waals surface area contributed by atoms with Crippen molar-refractivity contribution in [3.8, 4) is 5.75 Å². The minimum absolute atomic E-state index is 0.302. The molecule has 0 amide bonds. The number of hydrogen-bond acceptors (Lipinski definition) is 7. The molecule has 1 unspecified atom stereocenters. The van der Waals surface area contributed by atoms with Crippen molar-refractivity contribution in [3.05, 3.63) is 23.6 Å². The Kier molecular flexibility index (Phi) is 4.94. The summed E-state index contributed by atoms with van der Waals surface area (Å²) in [5.74, 6) is 2.84. The molecule has 8 heteroatoms. The number of fused-ring (bicyclic) bond motifs is 1. The van der Waals surface area contributed by atoms with Crippen LogP contribution in [0.2, 0.25) is 0 Å². The quantitative estimate of drug-likeness (QED) is 0.857. The van der Waals surface area contributed by atoms with Gasteiger partial charge in [-0.2, -0.15) is 10.1 Å². The lowest BCUT2D eigenvalue weighted by Gasteiger charge is -2.44. The van der Waals surface area contributed by atoms with E-state index in [-0.39, 0.29) is 5.60 Å². The predicted octanol–water partition coefficient (Wildman–Crippen LogP) is 2.24. The summed E-state index contributed by atoms with van der Waals surface area (Å²) < 4.78 is 13.4. The molecule has 1 N–H and O–H groups in total. The van der Waals surface area contributed by atoms with Crippen molar-refractivity contribution >= 4 is 0 Å². The van der Waals surface area contributed by atoms with E-state index in [1.54, 1.807) is 4.68 Å². The van der Waals surface area contributed by atoms with E-state index in [9.17, 15) is 5.11 Å². The van der Waals surface area contributed by atoms with Crippen molar-refractivity contribution in [3.63, 3.8) is 0 Å². The number of nitrogens with zero attached hydrogens (tertiary/aromatic N) is 5. The number of aryl methyl sites for hydroxylation is 2. The van der Waals surface area contributed by atoms with Crippen molar-refractivity contribution in [2.75, 3.05) is 13.1 Å². The van der Waals surface area contributed by atoms with Gasteiger partial charge in [0.1, 0.15) is 17.4 Å². The van der Waals surface area contributed by atoms with Gasteiger partial charge in [0, 0.05) is 33.0 Å². The number of aliphatic hydroxyl groups is 1. The topological polar surface area (TPSA) is 89.4 Å². The van der Waals surface area contributed by atoms with E-state index in [4.69, 9.17) is 9.26 Å². The molecule has 2 aliphatic heterocycles. The summed E-state index contributed by atoms with van der Waals surface area (Å²) in [5.41, 5.74) is 0.355. The van der Waals surface area contributed by atoms with Crippen LogP contribution >= 0.6 is 0 Å². The number of piperidine rings is 1. The van der Waals surface area contributed by atoms with Gasteiger partial charge in [0.25, 0.3) is 0 Å². The SMILES string of the molecule is CC(C)CCc1noc(CN2CCC3(CC2)CC(O)c2nn(C)cc2O3)n1. The smallest absolute Gasteiger partial charge is 0.240 e. The average Bonchev–Trinajstić information content (AvgIpc) is 3.21. The zero-order valence-electron chi connectivity index (χ0n) is 16.4. The van der Waals surface area contributed by atoms with Crippen LogP contribution in [-0.2, 0) is 20.0 Å². The highest BCUT2D eigenvalue weighted by Gasteiger charge is 2.44. The molecule has 148 valence electrons. The second-order valence-electron chi connectivity index (χ2n) is 8.37. The summed E-state index contributed by atoms with van der Waals surface area (Å²) in [6.07, 6.45) is 5.57. The van der Waals surface area contributed by atoms with Gasteiger partial charge in [-0.15, -0.1) is 0 Å². The minimum Gasteiger partial charge on any atom is -0.483 e. The molecule has 0 saturated carbocycles. The fraction of sp³-hybridized carbons (Fsp3) is 0.737. The van der Waals surface area contributed by atoms with Gasteiger partial charge in [-0.1, -0.05) is 19.0 Å². The zero-order chi connectivity index (χ0) is 19.0. The number of aliphatic hydroxyl groups excluding tert-OH is 1. The van der Waals surface area contributed by atoms with Crippen LogP contribution in [0.4, 0.5) is 0 Å². The van der Waals surface area contributed by atoms with Crippen LogP contribution in [0.5, 0.6) is 5.75 Å². The van der Waals surface area contributed by atoms with E-state index in [0.717, 1.165) is 50.3 Å². The van der Waals surface area contributed by atoms with Crippen LogP contribution in [0.3, 0.4) is 0 Å². The maximum absolute atomic E-state index is 10.5. The Morgan fingerprint density at radius 2 is 2.11 bits per heavy atom. The summed E-state index contributed by atoms with van der Waals surface area (Å²) in [4.78, 5) is 6.84. The van der Waals surface area contributed by atoms with Crippen molar-refractivity contribution in [1.82, 2.24) is 24.8 Å². The number of likely N-dealkylation sites (tertiary alicyclic amines) is 1. The van der Waals surface area contributed by atoms with Gasteiger partial charge in [-0.05, 0) is 25.2 Å². The van der Waals surface area contributed by atoms with E-state index < -0.39 is 6.10 Å². The van der Waals surface area contributed by atoms with Gasteiger partial charge in [0.05, 0.1) is 12.7 Å². The molecule has 8 nitrogen and oxygen atoms in total. The summed E-state index contributed by atoms with van der Waals surface area (Å²) in [5, 5.41) is 18.9. The number of aromatic nitrogens is 4. The number of hydrogen-bond donors (Lipinski definition) is 1. The molecule has 2 aliphatic rings. The lowest BCUT2D eigenvalue weighted by Crippen LogP contribution is -2.50. The van der Waals surface area contributed by atoms with Gasteiger partial charge in [0.2, 0.25) is 5.89 Å². The molecule has 1 saturated heterocycles. The molecular formula is C19H29N5O3. The van der Waals surface area contributed by atoms with E-state index in [1.165, 1.54) is 0 Å². The Hall–Kier alpha value is -1.93. The molecule has 0 aromatic carbocycles. The highest BCUT2D eigenvalue weighted by atomic mass is 16.5. The fourth-order valence-electron chi connectivity index (χ4n) is 4.01. The van der Waals surface area contributed by atoms with Crippen molar-refractivity contribution in [2.45, 2.75) is 64.2 Å². The molecule has 1 atom stereocenters. The maximum atomic E-state index is 10.5. The number of rotatable bonds is 5. The Morgan fingerprint density at radius 3 is 2.85 bits per heavy atom. The highest BCUT2D eigenvalue weighted by Crippen LogP contribution is 2.43. The molecule has 1 fully saturated rings. The summed E-state index contributed by atoms with van der Waals surface area (Å²) in [6.45, 7) is 6.83. The Morgan fingerprint density at radius 1 is 1.33 bits per heavy atom. The molecule has 0 aliphatic carbocycles.